The number of ether oxygens (including phenoxy) is 1. The van der Waals surface area contributed by atoms with Crippen LogP contribution in [-0.4, -0.2) is 61.6 Å². The van der Waals surface area contributed by atoms with Gasteiger partial charge in [-0.25, -0.2) is 0 Å². The lowest BCUT2D eigenvalue weighted by Crippen LogP contribution is -2.42. The maximum Gasteiger partial charge on any atom is 0.193 e. The fraction of sp³-hybridized carbons (Fsp3) is 0.667. The van der Waals surface area contributed by atoms with Gasteiger partial charge in [0.25, 0.3) is 0 Å². The number of rotatable bonds is 6. The van der Waals surface area contributed by atoms with E-state index in [0.29, 0.717) is 6.04 Å². The van der Waals surface area contributed by atoms with Crippen molar-refractivity contribution in [1.29, 1.82) is 0 Å². The number of likely N-dealkylation sites (tertiary alicyclic amines) is 2. The summed E-state index contributed by atoms with van der Waals surface area (Å²) < 4.78 is 6.04. The van der Waals surface area contributed by atoms with E-state index in [0.717, 1.165) is 43.9 Å². The van der Waals surface area contributed by atoms with Gasteiger partial charge in [0.2, 0.25) is 0 Å². The molecule has 1 aliphatic carbocycles. The molecule has 1 atom stereocenters. The number of para-hydroxylation sites is 1. The molecule has 1 saturated carbocycles. The van der Waals surface area contributed by atoms with E-state index in [4.69, 9.17) is 4.74 Å². The van der Waals surface area contributed by atoms with Crippen LogP contribution < -0.4 is 10.1 Å². The average molecular weight is 484 g/mol. The van der Waals surface area contributed by atoms with Crippen molar-refractivity contribution in [3.05, 3.63) is 29.8 Å². The van der Waals surface area contributed by atoms with Crippen LogP contribution in [0.2, 0.25) is 0 Å². The van der Waals surface area contributed by atoms with Crippen LogP contribution in [0.3, 0.4) is 0 Å². The van der Waals surface area contributed by atoms with E-state index < -0.39 is 0 Å². The smallest absolute Gasteiger partial charge is 0.193 e. The van der Waals surface area contributed by atoms with Gasteiger partial charge in [0.05, 0.1) is 6.61 Å². The van der Waals surface area contributed by atoms with Crippen molar-refractivity contribution >= 4 is 29.9 Å². The Morgan fingerprint density at radius 2 is 1.93 bits per heavy atom. The van der Waals surface area contributed by atoms with Crippen LogP contribution in [-0.2, 0) is 6.54 Å². The number of halogens is 1. The summed E-state index contributed by atoms with van der Waals surface area (Å²) in [5.41, 5.74) is 1.21. The van der Waals surface area contributed by atoms with E-state index in [1.165, 1.54) is 50.8 Å². The summed E-state index contributed by atoms with van der Waals surface area (Å²) in [6, 6.07) is 9.08. The minimum atomic E-state index is 0. The lowest BCUT2D eigenvalue weighted by atomic mass is 10.2. The van der Waals surface area contributed by atoms with Crippen LogP contribution in [0.1, 0.15) is 37.7 Å². The summed E-state index contributed by atoms with van der Waals surface area (Å²) in [6.07, 6.45) is 6.62. The summed E-state index contributed by atoms with van der Waals surface area (Å²) in [6.45, 7) is 6.36. The van der Waals surface area contributed by atoms with Crippen molar-refractivity contribution in [3.8, 4) is 5.75 Å². The molecular weight excluding hydrogens is 451 g/mol. The first kappa shape index (κ1) is 20.7. The van der Waals surface area contributed by atoms with Crippen LogP contribution in [0.25, 0.3) is 0 Å². The van der Waals surface area contributed by atoms with Gasteiger partial charge in [-0.15, -0.1) is 24.0 Å². The van der Waals surface area contributed by atoms with Crippen molar-refractivity contribution in [2.45, 2.75) is 44.7 Å². The molecule has 0 amide bonds. The highest BCUT2D eigenvalue weighted by atomic mass is 127. The second-order valence-electron chi connectivity index (χ2n) is 7.89. The number of hydrogen-bond donors (Lipinski definition) is 1. The first-order valence-corrected chi connectivity index (χ1v) is 10.2. The summed E-state index contributed by atoms with van der Waals surface area (Å²) in [4.78, 5) is 9.61. The Morgan fingerprint density at radius 1 is 1.15 bits per heavy atom. The lowest BCUT2D eigenvalue weighted by Gasteiger charge is -2.25. The van der Waals surface area contributed by atoms with E-state index in [1.54, 1.807) is 0 Å². The van der Waals surface area contributed by atoms with Gasteiger partial charge in [-0.05, 0) is 57.2 Å². The van der Waals surface area contributed by atoms with Crippen molar-refractivity contribution in [1.82, 2.24) is 15.1 Å². The zero-order valence-electron chi connectivity index (χ0n) is 16.4. The normalized spacial score (nSPS) is 23.4. The molecular formula is C21H33IN4O. The van der Waals surface area contributed by atoms with Crippen LogP contribution in [0.4, 0.5) is 0 Å². The van der Waals surface area contributed by atoms with Gasteiger partial charge >= 0.3 is 0 Å². The fourth-order valence-corrected chi connectivity index (χ4v) is 4.13. The predicted molar refractivity (Wildman–Crippen MR) is 121 cm³/mol. The Labute approximate surface area is 180 Å². The fourth-order valence-electron chi connectivity index (χ4n) is 4.13. The van der Waals surface area contributed by atoms with Gasteiger partial charge < -0.3 is 15.0 Å². The highest BCUT2D eigenvalue weighted by Gasteiger charge is 2.30. The third-order valence-electron chi connectivity index (χ3n) is 5.91. The molecule has 1 aromatic carbocycles. The summed E-state index contributed by atoms with van der Waals surface area (Å²) >= 11 is 0. The summed E-state index contributed by atoms with van der Waals surface area (Å²) in [5.74, 6) is 2.80. The second kappa shape index (κ2) is 9.96. The Bertz CT molecular complexity index is 628. The molecule has 0 aromatic heterocycles. The van der Waals surface area contributed by atoms with E-state index in [2.05, 4.69) is 44.4 Å². The molecule has 1 N–H and O–H groups in total. The molecule has 2 aliphatic heterocycles. The van der Waals surface area contributed by atoms with Crippen LogP contribution in [0.5, 0.6) is 5.75 Å². The number of nitrogens with zero attached hydrogens (tertiary/aromatic N) is 3. The molecule has 1 unspecified atom stereocenters. The van der Waals surface area contributed by atoms with Gasteiger partial charge in [0.15, 0.2) is 5.96 Å². The first-order chi connectivity index (χ1) is 12.8. The third-order valence-corrected chi connectivity index (χ3v) is 5.91. The molecule has 3 fully saturated rings. The standard InChI is InChI=1S/C21H32N4O.HI/c1-22-21(25-13-10-19(15-25)24-11-4-5-12-24)23-14-18-6-2-3-7-20(18)26-16-17-8-9-17;/h2-3,6-7,17,19H,4-5,8-16H2,1H3,(H,22,23);1H. The van der Waals surface area contributed by atoms with Crippen molar-refractivity contribution in [3.63, 3.8) is 0 Å². The third kappa shape index (κ3) is 5.50. The van der Waals surface area contributed by atoms with Crippen molar-refractivity contribution in [2.75, 3.05) is 39.8 Å². The SMILES string of the molecule is CN=C(NCc1ccccc1OCC1CC1)N1CCC(N2CCCC2)C1.I. The zero-order valence-corrected chi connectivity index (χ0v) is 18.7. The predicted octanol–water partition coefficient (Wildman–Crippen LogP) is 3.34. The Kier molecular flexibility index (Phi) is 7.64. The molecule has 0 bridgehead atoms. The molecule has 0 radical (unpaired) electrons. The molecule has 6 heteroatoms. The molecule has 0 spiro atoms. The minimum Gasteiger partial charge on any atom is -0.493 e. The van der Waals surface area contributed by atoms with Gasteiger partial charge in [-0.2, -0.15) is 0 Å². The number of hydrogen-bond acceptors (Lipinski definition) is 3. The molecule has 27 heavy (non-hydrogen) atoms. The highest BCUT2D eigenvalue weighted by molar-refractivity contribution is 14.0. The molecule has 1 aromatic rings. The van der Waals surface area contributed by atoms with Gasteiger partial charge in [-0.3, -0.25) is 9.89 Å². The Balaban J connectivity index is 0.00000210. The first-order valence-electron chi connectivity index (χ1n) is 10.2. The summed E-state index contributed by atoms with van der Waals surface area (Å²) in [7, 11) is 1.89. The second-order valence-corrected chi connectivity index (χ2v) is 7.89. The van der Waals surface area contributed by atoms with Gasteiger partial charge in [-0.1, -0.05) is 18.2 Å². The van der Waals surface area contributed by atoms with Crippen LogP contribution in [0, 0.1) is 5.92 Å². The van der Waals surface area contributed by atoms with Gasteiger partial charge in [0.1, 0.15) is 5.75 Å². The van der Waals surface area contributed by atoms with Gasteiger partial charge in [0, 0.05) is 38.3 Å². The number of benzene rings is 1. The van der Waals surface area contributed by atoms with E-state index >= 15 is 0 Å². The molecule has 2 saturated heterocycles. The zero-order chi connectivity index (χ0) is 17.8. The van der Waals surface area contributed by atoms with Crippen LogP contribution >= 0.6 is 24.0 Å². The summed E-state index contributed by atoms with van der Waals surface area (Å²) in [5, 5.41) is 3.56. The topological polar surface area (TPSA) is 40.1 Å². The monoisotopic (exact) mass is 484 g/mol. The lowest BCUT2D eigenvalue weighted by molar-refractivity contribution is 0.249. The molecule has 3 aliphatic rings. The van der Waals surface area contributed by atoms with Crippen molar-refractivity contribution in [2.24, 2.45) is 10.9 Å². The van der Waals surface area contributed by atoms with E-state index in [9.17, 15) is 0 Å². The minimum absolute atomic E-state index is 0. The molecule has 2 heterocycles. The average Bonchev–Trinajstić information content (AvgIpc) is 3.12. The highest BCUT2D eigenvalue weighted by Crippen LogP contribution is 2.30. The molecule has 5 nitrogen and oxygen atoms in total. The number of nitrogens with one attached hydrogen (secondary N) is 1. The number of aliphatic imine (C=N–C) groups is 1. The maximum absolute atomic E-state index is 6.04. The van der Waals surface area contributed by atoms with Crippen molar-refractivity contribution < 1.29 is 4.74 Å². The Hall–Kier alpha value is -1.02. The Morgan fingerprint density at radius 3 is 2.67 bits per heavy atom. The maximum atomic E-state index is 6.04. The number of guanidine groups is 1. The van der Waals surface area contributed by atoms with Crippen LogP contribution in [0.15, 0.2) is 29.3 Å². The van der Waals surface area contributed by atoms with E-state index in [-0.39, 0.29) is 24.0 Å². The molecule has 150 valence electrons. The largest absolute Gasteiger partial charge is 0.493 e. The quantitative estimate of drug-likeness (QED) is 0.382. The van der Waals surface area contributed by atoms with E-state index in [1.807, 2.05) is 7.05 Å². The molecule has 4 rings (SSSR count).